The third-order valence-electron chi connectivity index (χ3n) is 3.75. The van der Waals surface area contributed by atoms with Crippen molar-refractivity contribution in [3.8, 4) is 0 Å². The summed E-state index contributed by atoms with van der Waals surface area (Å²) in [6.45, 7) is 2.52. The molecule has 1 fully saturated rings. The molecular weight excluding hydrogens is 416 g/mol. The Kier molecular flexibility index (Phi) is 13.7. The molecule has 0 unspecified atom stereocenters. The topological polar surface area (TPSA) is 324 Å². The third kappa shape index (κ3) is 9.65. The van der Waals surface area contributed by atoms with Gasteiger partial charge in [0.15, 0.2) is 0 Å². The van der Waals surface area contributed by atoms with Crippen LogP contribution in [0.4, 0.5) is 0 Å². The van der Waals surface area contributed by atoms with Crippen LogP contribution in [0, 0.1) is 0 Å². The van der Waals surface area contributed by atoms with Gasteiger partial charge in [-0.2, -0.15) is 27.7 Å². The van der Waals surface area contributed by atoms with Crippen molar-refractivity contribution in [3.05, 3.63) is 0 Å². The quantitative estimate of drug-likeness (QED) is 0.0627. The first-order valence-electron chi connectivity index (χ1n) is 9.51. The van der Waals surface area contributed by atoms with E-state index in [0.29, 0.717) is 6.54 Å². The molecule has 31 heavy (non-hydrogen) atoms. The summed E-state index contributed by atoms with van der Waals surface area (Å²) >= 11 is 0. The van der Waals surface area contributed by atoms with Crippen LogP contribution < -0.4 is 90.4 Å². The van der Waals surface area contributed by atoms with Crippen LogP contribution in [0.1, 0.15) is 32.6 Å². The lowest BCUT2D eigenvalue weighted by Gasteiger charge is -2.47. The van der Waals surface area contributed by atoms with Crippen LogP contribution in [-0.4, -0.2) is 56.3 Å². The summed E-state index contributed by atoms with van der Waals surface area (Å²) in [4.78, 5) is 0. The molecule has 0 radical (unpaired) electrons. The maximum atomic E-state index is 5.97. The van der Waals surface area contributed by atoms with Crippen molar-refractivity contribution in [2.24, 2.45) is 46.1 Å². The number of hydrazine groups is 16. The molecule has 0 amide bonds. The number of nitrogens with two attached hydrogens (primary N) is 8. The minimum atomic E-state index is -1.17. The highest BCUT2D eigenvalue weighted by atomic mass is 16.2. The van der Waals surface area contributed by atoms with E-state index in [4.69, 9.17) is 46.1 Å². The van der Waals surface area contributed by atoms with Crippen LogP contribution in [0.3, 0.4) is 0 Å². The summed E-state index contributed by atoms with van der Waals surface area (Å²) in [6.07, 6.45) is 0.450. The fourth-order valence-corrected chi connectivity index (χ4v) is 2.33. The van der Waals surface area contributed by atoms with Gasteiger partial charge in [0.05, 0.1) is 0 Å². The normalized spacial score (nSPS) is 21.3. The van der Waals surface area contributed by atoms with Gasteiger partial charge in [-0.3, -0.25) is 5.84 Å². The van der Waals surface area contributed by atoms with E-state index < -0.39 is 18.9 Å². The Hall–Kier alpha value is -0.880. The molecule has 24 N–H and O–H groups in total. The standard InChI is InChI=1S/C9H40N22/c1-2-3-4-5-6-26-24-28(8(12)13)29(9(14)15)30(17)23-20-19-22-27(7(10)11)25-31(26)21-18-16/h7-9,18-25H,2-6,10-17H2,1H3. The number of hydrogen-bond acceptors (Lipinski definition) is 22. The van der Waals surface area contributed by atoms with Gasteiger partial charge in [0, 0.05) is 6.54 Å². The van der Waals surface area contributed by atoms with Crippen molar-refractivity contribution < 1.29 is 0 Å². The lowest BCUT2D eigenvalue weighted by molar-refractivity contribution is -0.342. The van der Waals surface area contributed by atoms with E-state index in [1.54, 1.807) is 0 Å². The number of unbranched alkanes of at least 4 members (excludes halogenated alkanes) is 3. The van der Waals surface area contributed by atoms with Crippen LogP contribution in [-0.2, 0) is 0 Å². The van der Waals surface area contributed by atoms with E-state index in [-0.39, 0.29) is 0 Å². The number of nitrogens with zero attached hydrogens (tertiary/aromatic N) is 6. The molecule has 186 valence electrons. The molecule has 1 aliphatic heterocycles. The zero-order valence-electron chi connectivity index (χ0n) is 17.6. The van der Waals surface area contributed by atoms with E-state index in [1.807, 2.05) is 0 Å². The molecule has 0 saturated carbocycles. The second kappa shape index (κ2) is 15.0. The molecule has 0 aliphatic carbocycles. The van der Waals surface area contributed by atoms with Crippen molar-refractivity contribution in [2.45, 2.75) is 51.5 Å². The lowest BCUT2D eigenvalue weighted by atomic mass is 10.2. The van der Waals surface area contributed by atoms with Crippen molar-refractivity contribution in [1.29, 1.82) is 0 Å². The highest BCUT2D eigenvalue weighted by Crippen LogP contribution is 2.04. The van der Waals surface area contributed by atoms with E-state index in [2.05, 4.69) is 51.2 Å². The monoisotopic (exact) mass is 456 g/mol. The third-order valence-corrected chi connectivity index (χ3v) is 3.75. The first-order valence-corrected chi connectivity index (χ1v) is 9.51. The molecule has 22 heteroatoms. The zero-order chi connectivity index (χ0) is 23.4. The molecular formula is C9H40N22. The van der Waals surface area contributed by atoms with E-state index in [9.17, 15) is 0 Å². The second-order valence-electron chi connectivity index (χ2n) is 6.28. The Morgan fingerprint density at radius 1 is 0.839 bits per heavy atom. The second-order valence-corrected chi connectivity index (χ2v) is 6.28. The van der Waals surface area contributed by atoms with Crippen LogP contribution >= 0.6 is 0 Å². The maximum absolute atomic E-state index is 5.97. The van der Waals surface area contributed by atoms with Gasteiger partial charge in [-0.05, 0) is 6.42 Å². The molecule has 0 aromatic heterocycles. The predicted molar refractivity (Wildman–Crippen MR) is 110 cm³/mol. The van der Waals surface area contributed by atoms with Crippen molar-refractivity contribution >= 4 is 0 Å². The Balaban J connectivity index is 3.23. The summed E-state index contributed by atoms with van der Waals surface area (Å²) in [6, 6.07) is 0. The lowest BCUT2D eigenvalue weighted by Crippen LogP contribution is -2.83. The summed E-state index contributed by atoms with van der Waals surface area (Å²) in [5.41, 5.74) is 56.0. The highest BCUT2D eigenvalue weighted by molar-refractivity contribution is 4.57. The van der Waals surface area contributed by atoms with E-state index >= 15 is 0 Å². The molecule has 1 saturated heterocycles. The molecule has 0 bridgehead atoms. The van der Waals surface area contributed by atoms with Gasteiger partial charge in [0.25, 0.3) is 0 Å². The van der Waals surface area contributed by atoms with Gasteiger partial charge in [-0.1, -0.05) is 41.8 Å². The SMILES string of the molecule is CCCCCCN1NN(C(N)N)N(C(N)N)N(N)NNNNN(C(N)N)NN1NNN. The van der Waals surface area contributed by atoms with E-state index in [0.717, 1.165) is 41.1 Å². The summed E-state index contributed by atoms with van der Waals surface area (Å²) in [5.74, 6) is 11.4. The first-order chi connectivity index (χ1) is 14.7. The van der Waals surface area contributed by atoms with Crippen LogP contribution in [0.5, 0.6) is 0 Å². The van der Waals surface area contributed by atoms with Gasteiger partial charge in [-0.15, -0.1) is 32.0 Å². The predicted octanol–water partition coefficient (Wildman–Crippen LogP) is -8.73. The molecule has 1 aliphatic rings. The minimum Gasteiger partial charge on any atom is -0.301 e. The van der Waals surface area contributed by atoms with Crippen molar-refractivity contribution in [1.82, 2.24) is 75.2 Å². The van der Waals surface area contributed by atoms with Gasteiger partial charge >= 0.3 is 0 Å². The molecule has 1 heterocycles. The van der Waals surface area contributed by atoms with Crippen molar-refractivity contribution in [2.75, 3.05) is 6.54 Å². The zero-order valence-corrected chi connectivity index (χ0v) is 17.6. The molecule has 0 spiro atoms. The summed E-state index contributed by atoms with van der Waals surface area (Å²) in [7, 11) is 0. The Morgan fingerprint density at radius 3 is 2.06 bits per heavy atom. The number of hydrogen-bond donors (Lipinski definition) is 16. The highest BCUT2D eigenvalue weighted by Gasteiger charge is 2.32. The Labute approximate surface area is 180 Å². The maximum Gasteiger partial charge on any atom is 0.141 e. The molecule has 1 rings (SSSR count). The van der Waals surface area contributed by atoms with Gasteiger partial charge in [0.2, 0.25) is 0 Å². The van der Waals surface area contributed by atoms with E-state index in [1.165, 1.54) is 15.5 Å². The summed E-state index contributed by atoms with van der Waals surface area (Å²) in [5, 5.41) is 7.07. The largest absolute Gasteiger partial charge is 0.301 e. The average molecular weight is 457 g/mol. The van der Waals surface area contributed by atoms with Crippen molar-refractivity contribution in [3.63, 3.8) is 0 Å². The number of nitrogens with one attached hydrogen (secondary N) is 8. The Morgan fingerprint density at radius 2 is 1.52 bits per heavy atom. The Bertz CT molecular complexity index is 447. The summed E-state index contributed by atoms with van der Waals surface area (Å²) < 4.78 is 0. The van der Waals surface area contributed by atoms with Crippen LogP contribution in [0.15, 0.2) is 0 Å². The molecule has 22 nitrogen and oxygen atoms in total. The minimum absolute atomic E-state index is 0.413. The van der Waals surface area contributed by atoms with Gasteiger partial charge in [-0.25, -0.2) is 5.84 Å². The fraction of sp³-hybridized carbons (Fsp3) is 1.00. The molecule has 0 aromatic carbocycles. The van der Waals surface area contributed by atoms with Gasteiger partial charge < -0.3 is 34.4 Å². The average Bonchev–Trinajstić information content (AvgIpc) is 2.69. The van der Waals surface area contributed by atoms with Gasteiger partial charge in [0.1, 0.15) is 18.9 Å². The number of rotatable bonds is 10. The smallest absolute Gasteiger partial charge is 0.141 e. The van der Waals surface area contributed by atoms with Crippen LogP contribution in [0.2, 0.25) is 0 Å². The van der Waals surface area contributed by atoms with Crippen LogP contribution in [0.25, 0.3) is 0 Å². The first kappa shape index (κ1) is 28.2. The molecule has 0 aromatic rings. The fourth-order valence-electron chi connectivity index (χ4n) is 2.33. The molecule has 0 atom stereocenters.